The number of rotatable bonds is 7. The lowest BCUT2D eigenvalue weighted by atomic mass is 9.93. The van der Waals surface area contributed by atoms with Crippen LogP contribution in [-0.2, 0) is 15.8 Å². The molecule has 1 aliphatic heterocycles. The number of alkyl halides is 3. The molecule has 9 heteroatoms. The number of nitrogens with zero attached hydrogens (tertiary/aromatic N) is 3. The van der Waals surface area contributed by atoms with Crippen molar-refractivity contribution in [3.8, 4) is 0 Å². The van der Waals surface area contributed by atoms with Crippen LogP contribution in [-0.4, -0.2) is 77.9 Å². The minimum absolute atomic E-state index is 0.0194. The molecule has 1 atom stereocenters. The highest BCUT2D eigenvalue weighted by Gasteiger charge is 2.34. The molecule has 1 saturated heterocycles. The van der Waals surface area contributed by atoms with Gasteiger partial charge in [0, 0.05) is 38.8 Å². The van der Waals surface area contributed by atoms with Crippen LogP contribution in [0.3, 0.4) is 0 Å². The number of amides is 2. The van der Waals surface area contributed by atoms with Crippen molar-refractivity contribution in [3.05, 3.63) is 29.8 Å². The van der Waals surface area contributed by atoms with E-state index in [-0.39, 0.29) is 24.2 Å². The maximum Gasteiger partial charge on any atom is 0.418 e. The van der Waals surface area contributed by atoms with Crippen molar-refractivity contribution in [2.24, 2.45) is 0 Å². The zero-order valence-corrected chi connectivity index (χ0v) is 19.5. The minimum Gasteiger partial charge on any atom is -0.339 e. The largest absolute Gasteiger partial charge is 0.418 e. The number of benzene rings is 1. The van der Waals surface area contributed by atoms with Gasteiger partial charge in [-0.15, -0.1) is 0 Å². The number of nitrogens with one attached hydrogen (secondary N) is 1. The SMILES string of the molecule is CCN(C(=O)[C@H](C)N1CCN(CC(=O)Nc2ccccc2C(F)(F)F)CC1)C1CCCCC1. The fourth-order valence-corrected chi connectivity index (χ4v) is 4.92. The molecule has 0 bridgehead atoms. The first-order chi connectivity index (χ1) is 15.7. The molecule has 1 aromatic carbocycles. The van der Waals surface area contributed by atoms with Crippen molar-refractivity contribution >= 4 is 17.5 Å². The molecular formula is C24H35F3N4O2. The molecule has 1 saturated carbocycles. The minimum atomic E-state index is -4.53. The number of anilines is 1. The summed E-state index contributed by atoms with van der Waals surface area (Å²) in [5.74, 6) is -0.307. The number of carbonyl (C=O) groups excluding carboxylic acids is 2. The fourth-order valence-electron chi connectivity index (χ4n) is 4.92. The number of carbonyl (C=O) groups is 2. The Hall–Kier alpha value is -2.13. The van der Waals surface area contributed by atoms with E-state index in [1.807, 2.05) is 23.6 Å². The molecule has 0 radical (unpaired) electrons. The zero-order chi connectivity index (χ0) is 24.0. The molecular weight excluding hydrogens is 433 g/mol. The molecule has 2 amide bonds. The molecule has 6 nitrogen and oxygen atoms in total. The maximum absolute atomic E-state index is 13.2. The molecule has 0 aromatic heterocycles. The van der Waals surface area contributed by atoms with E-state index in [2.05, 4.69) is 10.2 Å². The quantitative estimate of drug-likeness (QED) is 0.661. The highest BCUT2D eigenvalue weighted by Crippen LogP contribution is 2.34. The lowest BCUT2D eigenvalue weighted by Gasteiger charge is -2.41. The van der Waals surface area contributed by atoms with E-state index in [0.29, 0.717) is 38.8 Å². The molecule has 33 heavy (non-hydrogen) atoms. The monoisotopic (exact) mass is 468 g/mol. The van der Waals surface area contributed by atoms with Crippen LogP contribution in [0.15, 0.2) is 24.3 Å². The van der Waals surface area contributed by atoms with E-state index < -0.39 is 17.6 Å². The summed E-state index contributed by atoms with van der Waals surface area (Å²) < 4.78 is 39.4. The van der Waals surface area contributed by atoms with Gasteiger partial charge in [-0.2, -0.15) is 13.2 Å². The van der Waals surface area contributed by atoms with Crippen LogP contribution in [0, 0.1) is 0 Å². The molecule has 184 valence electrons. The van der Waals surface area contributed by atoms with Crippen LogP contribution in [0.4, 0.5) is 18.9 Å². The van der Waals surface area contributed by atoms with Crippen LogP contribution >= 0.6 is 0 Å². The summed E-state index contributed by atoms with van der Waals surface area (Å²) in [7, 11) is 0. The van der Waals surface area contributed by atoms with Crippen LogP contribution in [0.5, 0.6) is 0 Å². The second-order valence-corrected chi connectivity index (χ2v) is 9.00. The number of para-hydroxylation sites is 1. The van der Waals surface area contributed by atoms with Crippen molar-refractivity contribution < 1.29 is 22.8 Å². The van der Waals surface area contributed by atoms with Gasteiger partial charge in [0.25, 0.3) is 0 Å². The Morgan fingerprint density at radius 2 is 1.73 bits per heavy atom. The standard InChI is InChI=1S/C24H35F3N4O2/c1-3-31(19-9-5-4-6-10-19)23(33)18(2)30-15-13-29(14-16-30)17-22(32)28-21-12-8-7-11-20(21)24(25,26)27/h7-8,11-12,18-19H,3-6,9-10,13-17H2,1-2H3,(H,28,32)/t18-/m0/s1. The molecule has 1 aliphatic carbocycles. The molecule has 2 aliphatic rings. The molecule has 2 fully saturated rings. The molecule has 1 N–H and O–H groups in total. The summed E-state index contributed by atoms with van der Waals surface area (Å²) in [6.45, 7) is 7.17. The van der Waals surface area contributed by atoms with Crippen molar-refractivity contribution in [1.29, 1.82) is 0 Å². The number of hydrogen-bond donors (Lipinski definition) is 1. The normalized spacial score (nSPS) is 19.8. The Bertz CT molecular complexity index is 803. The summed E-state index contributed by atoms with van der Waals surface area (Å²) in [6.07, 6.45) is 1.23. The highest BCUT2D eigenvalue weighted by atomic mass is 19.4. The van der Waals surface area contributed by atoms with Gasteiger partial charge in [0.05, 0.1) is 23.8 Å². The Morgan fingerprint density at radius 1 is 1.09 bits per heavy atom. The lowest BCUT2D eigenvalue weighted by molar-refractivity contribution is -0.140. The first-order valence-electron chi connectivity index (χ1n) is 11.9. The number of hydrogen-bond acceptors (Lipinski definition) is 4. The molecule has 0 unspecified atom stereocenters. The van der Waals surface area contributed by atoms with Crippen LogP contribution < -0.4 is 5.32 Å². The molecule has 1 aromatic rings. The van der Waals surface area contributed by atoms with E-state index in [1.165, 1.54) is 37.5 Å². The number of piperazine rings is 1. The third kappa shape index (κ3) is 6.69. The number of halogens is 3. The fraction of sp³-hybridized carbons (Fsp3) is 0.667. The van der Waals surface area contributed by atoms with Gasteiger partial charge in [-0.05, 0) is 38.8 Å². The van der Waals surface area contributed by atoms with E-state index >= 15 is 0 Å². The van der Waals surface area contributed by atoms with Crippen LogP contribution in [0.2, 0.25) is 0 Å². The summed E-state index contributed by atoms with van der Waals surface area (Å²) in [4.78, 5) is 31.6. The van der Waals surface area contributed by atoms with Crippen LogP contribution in [0.25, 0.3) is 0 Å². The molecule has 0 spiro atoms. The van der Waals surface area contributed by atoms with Gasteiger partial charge in [-0.1, -0.05) is 31.4 Å². The molecule has 3 rings (SSSR count). The second kappa shape index (κ2) is 11.3. The first kappa shape index (κ1) is 25.5. The van der Waals surface area contributed by atoms with Gasteiger partial charge in [-0.3, -0.25) is 19.4 Å². The van der Waals surface area contributed by atoms with E-state index in [9.17, 15) is 22.8 Å². The Labute approximate surface area is 194 Å². The van der Waals surface area contributed by atoms with E-state index in [1.54, 1.807) is 0 Å². The predicted molar refractivity (Wildman–Crippen MR) is 122 cm³/mol. The van der Waals surface area contributed by atoms with Crippen molar-refractivity contribution in [2.45, 2.75) is 64.2 Å². The van der Waals surface area contributed by atoms with Crippen molar-refractivity contribution in [2.75, 3.05) is 44.6 Å². The van der Waals surface area contributed by atoms with Crippen LogP contribution in [0.1, 0.15) is 51.5 Å². The van der Waals surface area contributed by atoms with Gasteiger partial charge >= 0.3 is 6.18 Å². The van der Waals surface area contributed by atoms with Crippen molar-refractivity contribution in [1.82, 2.24) is 14.7 Å². The summed E-state index contributed by atoms with van der Waals surface area (Å²) in [5.41, 5.74) is -1.08. The predicted octanol–water partition coefficient (Wildman–Crippen LogP) is 3.83. The topological polar surface area (TPSA) is 55.9 Å². The Morgan fingerprint density at radius 3 is 2.33 bits per heavy atom. The average Bonchev–Trinajstić information content (AvgIpc) is 2.80. The van der Waals surface area contributed by atoms with Gasteiger partial charge in [0.15, 0.2) is 0 Å². The zero-order valence-electron chi connectivity index (χ0n) is 19.5. The third-order valence-electron chi connectivity index (χ3n) is 6.82. The first-order valence-corrected chi connectivity index (χ1v) is 11.9. The Kier molecular flexibility index (Phi) is 8.75. The maximum atomic E-state index is 13.2. The third-order valence-corrected chi connectivity index (χ3v) is 6.82. The lowest BCUT2D eigenvalue weighted by Crippen LogP contribution is -2.56. The summed E-state index contributed by atoms with van der Waals surface area (Å²) in [5, 5.41) is 2.40. The highest BCUT2D eigenvalue weighted by molar-refractivity contribution is 5.93. The van der Waals surface area contributed by atoms with E-state index in [4.69, 9.17) is 0 Å². The smallest absolute Gasteiger partial charge is 0.339 e. The second-order valence-electron chi connectivity index (χ2n) is 9.00. The average molecular weight is 469 g/mol. The summed E-state index contributed by atoms with van der Waals surface area (Å²) >= 11 is 0. The molecule has 1 heterocycles. The van der Waals surface area contributed by atoms with Gasteiger partial charge < -0.3 is 10.2 Å². The number of likely N-dealkylation sites (N-methyl/N-ethyl adjacent to an activating group) is 1. The Balaban J connectivity index is 1.49. The summed E-state index contributed by atoms with van der Waals surface area (Å²) in [6, 6.07) is 5.10. The van der Waals surface area contributed by atoms with Gasteiger partial charge in [0.1, 0.15) is 0 Å². The van der Waals surface area contributed by atoms with E-state index in [0.717, 1.165) is 18.9 Å². The van der Waals surface area contributed by atoms with Gasteiger partial charge in [0.2, 0.25) is 11.8 Å². The van der Waals surface area contributed by atoms with Gasteiger partial charge in [-0.25, -0.2) is 0 Å². The van der Waals surface area contributed by atoms with Crippen molar-refractivity contribution in [3.63, 3.8) is 0 Å².